The number of rotatable bonds is 5. The molecule has 4 aromatic rings. The summed E-state index contributed by atoms with van der Waals surface area (Å²) in [6.07, 6.45) is 0.912. The maximum Gasteiger partial charge on any atom is 0.267 e. The third-order valence-corrected chi connectivity index (χ3v) is 8.23. The van der Waals surface area contributed by atoms with E-state index in [9.17, 15) is 4.79 Å². The van der Waals surface area contributed by atoms with Gasteiger partial charge in [-0.05, 0) is 50.5 Å². The SMILES string of the molecule is Cc1ccc(CSc2nc3sc4c(c3c(=O)n2-c2ccccc2)CCN(C(C)C)C4)cc1. The summed E-state index contributed by atoms with van der Waals surface area (Å²) < 4.78 is 1.81. The van der Waals surface area contributed by atoms with Crippen LogP contribution in [0.15, 0.2) is 64.5 Å². The van der Waals surface area contributed by atoms with Crippen LogP contribution in [-0.2, 0) is 18.7 Å². The molecule has 32 heavy (non-hydrogen) atoms. The molecule has 0 aliphatic carbocycles. The van der Waals surface area contributed by atoms with E-state index in [1.807, 2.05) is 34.9 Å². The second kappa shape index (κ2) is 8.85. The van der Waals surface area contributed by atoms with Gasteiger partial charge in [0.05, 0.1) is 11.1 Å². The molecule has 3 heterocycles. The first-order chi connectivity index (χ1) is 15.5. The van der Waals surface area contributed by atoms with Crippen molar-refractivity contribution in [3.05, 3.63) is 86.5 Å². The monoisotopic (exact) mass is 461 g/mol. The summed E-state index contributed by atoms with van der Waals surface area (Å²) in [4.78, 5) is 23.6. The number of thiophene rings is 1. The molecular weight excluding hydrogens is 434 g/mol. The highest BCUT2D eigenvalue weighted by Crippen LogP contribution is 2.35. The van der Waals surface area contributed by atoms with E-state index in [2.05, 4.69) is 49.9 Å². The van der Waals surface area contributed by atoms with Crippen LogP contribution in [0.1, 0.15) is 35.4 Å². The Balaban J connectivity index is 1.62. The van der Waals surface area contributed by atoms with Crippen molar-refractivity contribution in [2.75, 3.05) is 6.54 Å². The standard InChI is InChI=1S/C26H27N3OS2/c1-17(2)28-14-13-21-22(15-28)32-24-23(21)25(30)29(20-7-5-4-6-8-20)26(27-24)31-16-19-11-9-18(3)10-12-19/h4-12,17H,13-16H2,1-3H3. The quantitative estimate of drug-likeness (QED) is 0.277. The lowest BCUT2D eigenvalue weighted by molar-refractivity contribution is 0.206. The van der Waals surface area contributed by atoms with Gasteiger partial charge in [-0.2, -0.15) is 0 Å². The summed E-state index contributed by atoms with van der Waals surface area (Å²) in [7, 11) is 0. The molecule has 0 bridgehead atoms. The third-order valence-electron chi connectivity index (χ3n) is 6.11. The highest BCUT2D eigenvalue weighted by atomic mass is 32.2. The van der Waals surface area contributed by atoms with Gasteiger partial charge >= 0.3 is 0 Å². The van der Waals surface area contributed by atoms with Crippen LogP contribution in [0.4, 0.5) is 0 Å². The molecule has 1 aliphatic heterocycles. The molecule has 5 rings (SSSR count). The summed E-state index contributed by atoms with van der Waals surface area (Å²) in [5.74, 6) is 0.775. The molecule has 4 nitrogen and oxygen atoms in total. The van der Waals surface area contributed by atoms with Gasteiger partial charge < -0.3 is 0 Å². The van der Waals surface area contributed by atoms with Crippen molar-refractivity contribution in [3.8, 4) is 5.69 Å². The summed E-state index contributed by atoms with van der Waals surface area (Å²) in [5.41, 5.74) is 4.62. The fourth-order valence-electron chi connectivity index (χ4n) is 4.22. The molecule has 6 heteroatoms. The molecule has 0 radical (unpaired) electrons. The molecule has 2 aromatic carbocycles. The van der Waals surface area contributed by atoms with Crippen molar-refractivity contribution in [3.63, 3.8) is 0 Å². The van der Waals surface area contributed by atoms with Gasteiger partial charge in [-0.15, -0.1) is 11.3 Å². The molecule has 0 saturated heterocycles. The molecule has 0 saturated carbocycles. The van der Waals surface area contributed by atoms with E-state index in [1.54, 1.807) is 23.1 Å². The zero-order valence-corrected chi connectivity index (χ0v) is 20.3. The minimum atomic E-state index is 0.0584. The minimum absolute atomic E-state index is 0.0584. The third kappa shape index (κ3) is 4.03. The predicted molar refractivity (Wildman–Crippen MR) is 135 cm³/mol. The Labute approximate surface area is 196 Å². The fraction of sp³-hybridized carbons (Fsp3) is 0.308. The maximum atomic E-state index is 13.9. The average molecular weight is 462 g/mol. The summed E-state index contributed by atoms with van der Waals surface area (Å²) in [6.45, 7) is 8.46. The molecule has 0 amide bonds. The Hall–Kier alpha value is -2.41. The smallest absolute Gasteiger partial charge is 0.267 e. The van der Waals surface area contributed by atoms with E-state index >= 15 is 0 Å². The summed E-state index contributed by atoms with van der Waals surface area (Å²) >= 11 is 3.33. The van der Waals surface area contributed by atoms with Crippen LogP contribution in [-0.4, -0.2) is 27.0 Å². The number of para-hydroxylation sites is 1. The molecular formula is C26H27N3OS2. The van der Waals surface area contributed by atoms with Crippen molar-refractivity contribution in [2.24, 2.45) is 0 Å². The maximum absolute atomic E-state index is 13.9. The van der Waals surface area contributed by atoms with Crippen LogP contribution in [0.5, 0.6) is 0 Å². The van der Waals surface area contributed by atoms with Crippen molar-refractivity contribution in [1.29, 1.82) is 0 Å². The summed E-state index contributed by atoms with van der Waals surface area (Å²) in [6, 6.07) is 19.0. The number of hydrogen-bond donors (Lipinski definition) is 0. The van der Waals surface area contributed by atoms with Crippen LogP contribution in [0.25, 0.3) is 15.9 Å². The van der Waals surface area contributed by atoms with E-state index in [0.29, 0.717) is 6.04 Å². The van der Waals surface area contributed by atoms with Crippen molar-refractivity contribution in [1.82, 2.24) is 14.5 Å². The van der Waals surface area contributed by atoms with E-state index in [1.165, 1.54) is 21.6 Å². The van der Waals surface area contributed by atoms with Crippen LogP contribution in [0.3, 0.4) is 0 Å². The van der Waals surface area contributed by atoms with Gasteiger partial charge in [-0.3, -0.25) is 14.3 Å². The van der Waals surface area contributed by atoms with Crippen molar-refractivity contribution in [2.45, 2.75) is 50.7 Å². The zero-order valence-electron chi connectivity index (χ0n) is 18.7. The first kappa shape index (κ1) is 21.4. The highest BCUT2D eigenvalue weighted by Gasteiger charge is 2.26. The molecule has 0 spiro atoms. The van der Waals surface area contributed by atoms with Crippen LogP contribution in [0.2, 0.25) is 0 Å². The molecule has 2 aromatic heterocycles. The largest absolute Gasteiger partial charge is 0.296 e. The minimum Gasteiger partial charge on any atom is -0.296 e. The molecule has 1 aliphatic rings. The lowest BCUT2D eigenvalue weighted by Gasteiger charge is -2.30. The molecule has 0 unspecified atom stereocenters. The van der Waals surface area contributed by atoms with Crippen LogP contribution >= 0.6 is 23.1 Å². The van der Waals surface area contributed by atoms with Gasteiger partial charge in [-0.25, -0.2) is 4.98 Å². The average Bonchev–Trinajstić information content (AvgIpc) is 3.17. The van der Waals surface area contributed by atoms with Crippen LogP contribution in [0, 0.1) is 6.92 Å². The highest BCUT2D eigenvalue weighted by molar-refractivity contribution is 7.98. The molecule has 0 atom stereocenters. The molecule has 0 fully saturated rings. The normalized spacial score (nSPS) is 14.2. The molecule has 0 N–H and O–H groups in total. The van der Waals surface area contributed by atoms with E-state index < -0.39 is 0 Å². The topological polar surface area (TPSA) is 38.1 Å². The number of thioether (sulfide) groups is 1. The van der Waals surface area contributed by atoms with E-state index in [-0.39, 0.29) is 5.56 Å². The van der Waals surface area contributed by atoms with E-state index in [4.69, 9.17) is 4.98 Å². The Bertz CT molecular complexity index is 1310. The van der Waals surface area contributed by atoms with Crippen LogP contribution < -0.4 is 5.56 Å². The number of fused-ring (bicyclic) bond motifs is 3. The zero-order chi connectivity index (χ0) is 22.2. The number of hydrogen-bond acceptors (Lipinski definition) is 5. The number of benzene rings is 2. The van der Waals surface area contributed by atoms with Crippen molar-refractivity contribution < 1.29 is 0 Å². The van der Waals surface area contributed by atoms with E-state index in [0.717, 1.165) is 46.3 Å². The predicted octanol–water partition coefficient (Wildman–Crippen LogP) is 5.81. The van der Waals surface area contributed by atoms with Gasteiger partial charge in [-0.1, -0.05) is 59.8 Å². The Morgan fingerprint density at radius 2 is 1.84 bits per heavy atom. The Kier molecular flexibility index (Phi) is 5.93. The number of nitrogens with zero attached hydrogens (tertiary/aromatic N) is 3. The van der Waals surface area contributed by atoms with Crippen molar-refractivity contribution >= 4 is 33.3 Å². The lowest BCUT2D eigenvalue weighted by Crippen LogP contribution is -2.35. The summed E-state index contributed by atoms with van der Waals surface area (Å²) in [5, 5.41) is 1.57. The van der Waals surface area contributed by atoms with Gasteiger partial charge in [0.15, 0.2) is 5.16 Å². The van der Waals surface area contributed by atoms with Gasteiger partial charge in [0.2, 0.25) is 0 Å². The lowest BCUT2D eigenvalue weighted by atomic mass is 10.0. The van der Waals surface area contributed by atoms with Gasteiger partial charge in [0.25, 0.3) is 5.56 Å². The second-order valence-electron chi connectivity index (χ2n) is 8.64. The Morgan fingerprint density at radius 1 is 1.09 bits per heavy atom. The molecule has 164 valence electrons. The Morgan fingerprint density at radius 3 is 2.56 bits per heavy atom. The fourth-order valence-corrected chi connectivity index (χ4v) is 6.47. The second-order valence-corrected chi connectivity index (χ2v) is 10.7. The first-order valence-electron chi connectivity index (χ1n) is 11.1. The van der Waals surface area contributed by atoms with Gasteiger partial charge in [0.1, 0.15) is 4.83 Å². The number of aryl methyl sites for hydroxylation is 1. The number of aromatic nitrogens is 2. The van der Waals surface area contributed by atoms with Gasteiger partial charge in [0, 0.05) is 29.8 Å². The first-order valence-corrected chi connectivity index (χ1v) is 12.9.